The Bertz CT molecular complexity index is 206. The van der Waals surface area contributed by atoms with E-state index in [9.17, 15) is 4.79 Å². The number of hydrogen-bond acceptors (Lipinski definition) is 2. The van der Waals surface area contributed by atoms with Crippen molar-refractivity contribution in [2.24, 2.45) is 11.7 Å². The highest BCUT2D eigenvalue weighted by Crippen LogP contribution is 2.22. The van der Waals surface area contributed by atoms with E-state index in [1.807, 2.05) is 6.92 Å². The normalized spacial score (nSPS) is 29.5. The molecule has 1 rings (SSSR count). The summed E-state index contributed by atoms with van der Waals surface area (Å²) in [5.74, 6) is 0.653. The van der Waals surface area contributed by atoms with Crippen LogP contribution in [0.1, 0.15) is 52.4 Å². The van der Waals surface area contributed by atoms with E-state index < -0.39 is 0 Å². The minimum Gasteiger partial charge on any atom is -0.370 e. The molecule has 3 atom stereocenters. The Hall–Kier alpha value is -0.570. The van der Waals surface area contributed by atoms with Crippen molar-refractivity contribution in [1.29, 1.82) is 0 Å². The van der Waals surface area contributed by atoms with Gasteiger partial charge in [-0.3, -0.25) is 4.79 Å². The molecule has 1 aliphatic carbocycles. The molecule has 88 valence electrons. The number of amides is 1. The number of hydrogen-bond donors (Lipinski definition) is 2. The molecule has 3 N–H and O–H groups in total. The molecule has 3 unspecified atom stereocenters. The first kappa shape index (κ1) is 12.5. The van der Waals surface area contributed by atoms with Gasteiger partial charge >= 0.3 is 0 Å². The van der Waals surface area contributed by atoms with Crippen molar-refractivity contribution in [3.8, 4) is 0 Å². The van der Waals surface area contributed by atoms with E-state index in [0.29, 0.717) is 12.5 Å². The maximum atomic E-state index is 10.8. The van der Waals surface area contributed by atoms with Crippen molar-refractivity contribution < 1.29 is 4.79 Å². The average molecular weight is 212 g/mol. The zero-order chi connectivity index (χ0) is 11.3. The van der Waals surface area contributed by atoms with Crippen LogP contribution < -0.4 is 11.1 Å². The van der Waals surface area contributed by atoms with Gasteiger partial charge in [0.2, 0.25) is 5.91 Å². The fourth-order valence-corrected chi connectivity index (χ4v) is 2.42. The molecule has 1 saturated carbocycles. The molecule has 0 bridgehead atoms. The van der Waals surface area contributed by atoms with E-state index in [1.54, 1.807) is 0 Å². The first-order valence-corrected chi connectivity index (χ1v) is 6.12. The summed E-state index contributed by atoms with van der Waals surface area (Å²) >= 11 is 0. The lowest BCUT2D eigenvalue weighted by molar-refractivity contribution is -0.118. The van der Waals surface area contributed by atoms with E-state index in [1.165, 1.54) is 32.1 Å². The van der Waals surface area contributed by atoms with Gasteiger partial charge in [0.25, 0.3) is 0 Å². The molecule has 15 heavy (non-hydrogen) atoms. The SMILES string of the molecule is CC1CCCC(NC(C)CC(N)=O)CC1. The number of nitrogens with two attached hydrogens (primary N) is 1. The van der Waals surface area contributed by atoms with Crippen molar-refractivity contribution in [2.75, 3.05) is 0 Å². The van der Waals surface area contributed by atoms with Crippen LogP contribution in [0, 0.1) is 5.92 Å². The van der Waals surface area contributed by atoms with Gasteiger partial charge in [-0.05, 0) is 32.1 Å². The summed E-state index contributed by atoms with van der Waals surface area (Å²) in [6.07, 6.45) is 6.90. The van der Waals surface area contributed by atoms with Gasteiger partial charge in [0.1, 0.15) is 0 Å². The number of nitrogens with one attached hydrogen (secondary N) is 1. The predicted octanol–water partition coefficient (Wildman–Crippen LogP) is 1.81. The Morgan fingerprint density at radius 1 is 1.40 bits per heavy atom. The highest BCUT2D eigenvalue weighted by Gasteiger charge is 2.18. The zero-order valence-electron chi connectivity index (χ0n) is 9.96. The largest absolute Gasteiger partial charge is 0.370 e. The number of rotatable bonds is 4. The standard InChI is InChI=1S/C12H24N2O/c1-9-4-3-5-11(7-6-9)14-10(2)8-12(13)15/h9-11,14H,3-8H2,1-2H3,(H2,13,15). The average Bonchev–Trinajstić information content (AvgIpc) is 2.29. The van der Waals surface area contributed by atoms with Gasteiger partial charge in [0.05, 0.1) is 0 Å². The van der Waals surface area contributed by atoms with Gasteiger partial charge in [0.15, 0.2) is 0 Å². The van der Waals surface area contributed by atoms with Crippen LogP contribution in [0.25, 0.3) is 0 Å². The van der Waals surface area contributed by atoms with Gasteiger partial charge < -0.3 is 11.1 Å². The molecule has 0 saturated heterocycles. The molecule has 1 fully saturated rings. The Balaban J connectivity index is 2.27. The molecule has 0 heterocycles. The number of carbonyl (C=O) groups excluding carboxylic acids is 1. The Kier molecular flexibility index (Phi) is 5.09. The van der Waals surface area contributed by atoms with Crippen molar-refractivity contribution in [2.45, 2.75) is 64.5 Å². The molecule has 3 nitrogen and oxygen atoms in total. The fourth-order valence-electron chi connectivity index (χ4n) is 2.42. The first-order valence-electron chi connectivity index (χ1n) is 6.12. The van der Waals surface area contributed by atoms with Crippen LogP contribution in [0.3, 0.4) is 0 Å². The minimum atomic E-state index is -0.211. The van der Waals surface area contributed by atoms with E-state index in [2.05, 4.69) is 12.2 Å². The molecular formula is C12H24N2O. The van der Waals surface area contributed by atoms with Crippen LogP contribution >= 0.6 is 0 Å². The quantitative estimate of drug-likeness (QED) is 0.698. The highest BCUT2D eigenvalue weighted by atomic mass is 16.1. The lowest BCUT2D eigenvalue weighted by atomic mass is 10.0. The molecule has 1 amide bonds. The molecule has 0 aromatic carbocycles. The maximum absolute atomic E-state index is 10.8. The lowest BCUT2D eigenvalue weighted by Crippen LogP contribution is -2.38. The second-order valence-corrected chi connectivity index (χ2v) is 5.05. The monoisotopic (exact) mass is 212 g/mol. The van der Waals surface area contributed by atoms with Crippen LogP contribution in [0.5, 0.6) is 0 Å². The second kappa shape index (κ2) is 6.11. The Morgan fingerprint density at radius 2 is 2.13 bits per heavy atom. The predicted molar refractivity (Wildman–Crippen MR) is 62.4 cm³/mol. The van der Waals surface area contributed by atoms with E-state index >= 15 is 0 Å². The zero-order valence-corrected chi connectivity index (χ0v) is 9.96. The lowest BCUT2D eigenvalue weighted by Gasteiger charge is -2.21. The molecule has 0 radical (unpaired) electrons. The van der Waals surface area contributed by atoms with Gasteiger partial charge in [-0.15, -0.1) is 0 Å². The summed E-state index contributed by atoms with van der Waals surface area (Å²) in [6.45, 7) is 4.37. The molecule has 0 aromatic heterocycles. The number of primary amides is 1. The van der Waals surface area contributed by atoms with Gasteiger partial charge in [-0.1, -0.05) is 19.8 Å². The molecular weight excluding hydrogens is 188 g/mol. The molecule has 3 heteroatoms. The van der Waals surface area contributed by atoms with Crippen LogP contribution in [-0.4, -0.2) is 18.0 Å². The van der Waals surface area contributed by atoms with Crippen LogP contribution in [0.15, 0.2) is 0 Å². The first-order chi connectivity index (χ1) is 7.08. The summed E-state index contributed by atoms with van der Waals surface area (Å²) in [4.78, 5) is 10.8. The van der Waals surface area contributed by atoms with Crippen molar-refractivity contribution in [3.63, 3.8) is 0 Å². The summed E-state index contributed by atoms with van der Waals surface area (Å²) in [6, 6.07) is 0.810. The minimum absolute atomic E-state index is 0.211. The highest BCUT2D eigenvalue weighted by molar-refractivity contribution is 5.74. The Morgan fingerprint density at radius 3 is 2.80 bits per heavy atom. The maximum Gasteiger partial charge on any atom is 0.218 e. The summed E-state index contributed by atoms with van der Waals surface area (Å²) in [5, 5.41) is 3.51. The van der Waals surface area contributed by atoms with Crippen LogP contribution in [-0.2, 0) is 4.79 Å². The van der Waals surface area contributed by atoms with E-state index in [-0.39, 0.29) is 11.9 Å². The summed E-state index contributed by atoms with van der Waals surface area (Å²) in [7, 11) is 0. The fraction of sp³-hybridized carbons (Fsp3) is 0.917. The van der Waals surface area contributed by atoms with Gasteiger partial charge in [-0.2, -0.15) is 0 Å². The third-order valence-corrected chi connectivity index (χ3v) is 3.29. The van der Waals surface area contributed by atoms with Crippen LogP contribution in [0.4, 0.5) is 0 Å². The smallest absolute Gasteiger partial charge is 0.218 e. The molecule has 0 spiro atoms. The molecule has 0 aliphatic heterocycles. The third kappa shape index (κ3) is 5.17. The topological polar surface area (TPSA) is 55.1 Å². The van der Waals surface area contributed by atoms with E-state index in [0.717, 1.165) is 5.92 Å². The van der Waals surface area contributed by atoms with Crippen molar-refractivity contribution >= 4 is 5.91 Å². The molecule has 1 aliphatic rings. The summed E-state index contributed by atoms with van der Waals surface area (Å²) in [5.41, 5.74) is 5.17. The molecule has 0 aromatic rings. The van der Waals surface area contributed by atoms with E-state index in [4.69, 9.17) is 5.73 Å². The van der Waals surface area contributed by atoms with Crippen molar-refractivity contribution in [1.82, 2.24) is 5.32 Å². The van der Waals surface area contributed by atoms with Gasteiger partial charge in [0, 0.05) is 18.5 Å². The third-order valence-electron chi connectivity index (χ3n) is 3.29. The second-order valence-electron chi connectivity index (χ2n) is 5.05. The van der Waals surface area contributed by atoms with Gasteiger partial charge in [-0.25, -0.2) is 0 Å². The Labute approximate surface area is 92.8 Å². The van der Waals surface area contributed by atoms with Crippen molar-refractivity contribution in [3.05, 3.63) is 0 Å². The van der Waals surface area contributed by atoms with Crippen LogP contribution in [0.2, 0.25) is 0 Å². The summed E-state index contributed by atoms with van der Waals surface area (Å²) < 4.78 is 0. The number of carbonyl (C=O) groups is 1.